The smallest absolute Gasteiger partial charge is 0.364 e. The Labute approximate surface area is 192 Å². The fourth-order valence-corrected chi connectivity index (χ4v) is 4.79. The highest BCUT2D eigenvalue weighted by atomic mass is 19.4. The maximum Gasteiger partial charge on any atom is 0.434 e. The number of halogens is 4. The number of carbonyl (C=O) groups excluding carboxylic acids is 1. The number of pyridine rings is 2. The average Bonchev–Trinajstić information content (AvgIpc) is 3.40. The summed E-state index contributed by atoms with van der Waals surface area (Å²) in [7, 11) is 0. The monoisotopic (exact) mass is 472 g/mol. The van der Waals surface area contributed by atoms with E-state index < -0.39 is 17.7 Å². The number of nitrogens with one attached hydrogen (secondary N) is 1. The number of fused-ring (bicyclic) bond motifs is 2. The first kappa shape index (κ1) is 22.2. The Hall–Kier alpha value is -3.63. The van der Waals surface area contributed by atoms with Crippen LogP contribution in [0, 0.1) is 18.7 Å². The van der Waals surface area contributed by atoms with Gasteiger partial charge in [0.2, 0.25) is 0 Å². The number of likely N-dealkylation sites (tertiary alicyclic amines) is 1. The summed E-state index contributed by atoms with van der Waals surface area (Å²) in [6, 6.07) is 4.02. The molecular weight excluding hydrogens is 452 g/mol. The number of amides is 1. The van der Waals surface area contributed by atoms with E-state index in [1.165, 1.54) is 18.3 Å². The molecule has 3 unspecified atom stereocenters. The molecule has 1 aliphatic carbocycles. The Kier molecular flexibility index (Phi) is 5.41. The topological polar surface area (TPSA) is 83.9 Å². The first-order valence-electron chi connectivity index (χ1n) is 10.7. The zero-order valence-electron chi connectivity index (χ0n) is 18.1. The van der Waals surface area contributed by atoms with E-state index >= 15 is 0 Å². The number of hydrogen-bond acceptors (Lipinski definition) is 6. The molecular formula is C23H20F4N6O. The van der Waals surface area contributed by atoms with Crippen molar-refractivity contribution in [3.8, 4) is 11.4 Å². The second-order valence-corrected chi connectivity index (χ2v) is 8.64. The van der Waals surface area contributed by atoms with Gasteiger partial charge in [-0.2, -0.15) is 13.2 Å². The second-order valence-electron chi connectivity index (χ2n) is 8.64. The third-order valence-electron chi connectivity index (χ3n) is 6.26. The highest BCUT2D eigenvalue weighted by Crippen LogP contribution is 2.40. The van der Waals surface area contributed by atoms with E-state index in [2.05, 4.69) is 25.3 Å². The van der Waals surface area contributed by atoms with Crippen LogP contribution in [-0.4, -0.2) is 49.4 Å². The number of aryl methyl sites for hydroxylation is 1. The van der Waals surface area contributed by atoms with E-state index in [0.717, 1.165) is 24.6 Å². The van der Waals surface area contributed by atoms with Gasteiger partial charge in [-0.25, -0.2) is 14.4 Å². The molecule has 176 valence electrons. The number of aromatic nitrogens is 4. The van der Waals surface area contributed by atoms with Crippen LogP contribution in [0.4, 0.5) is 23.4 Å². The third-order valence-corrected chi connectivity index (χ3v) is 6.26. The van der Waals surface area contributed by atoms with Gasteiger partial charge in [0.05, 0.1) is 24.0 Å². The van der Waals surface area contributed by atoms with Crippen molar-refractivity contribution in [1.82, 2.24) is 24.8 Å². The quantitative estimate of drug-likeness (QED) is 0.576. The van der Waals surface area contributed by atoms with Crippen LogP contribution in [-0.2, 0) is 6.18 Å². The van der Waals surface area contributed by atoms with Gasteiger partial charge in [0.15, 0.2) is 11.5 Å². The van der Waals surface area contributed by atoms with Crippen LogP contribution in [0.1, 0.15) is 34.5 Å². The van der Waals surface area contributed by atoms with Crippen molar-refractivity contribution >= 4 is 11.7 Å². The second kappa shape index (κ2) is 8.30. The highest BCUT2D eigenvalue weighted by Gasteiger charge is 2.47. The molecule has 1 amide bonds. The molecule has 3 aromatic heterocycles. The van der Waals surface area contributed by atoms with Crippen molar-refractivity contribution in [3.05, 3.63) is 65.6 Å². The number of anilines is 1. The van der Waals surface area contributed by atoms with Gasteiger partial charge in [-0.15, -0.1) is 0 Å². The summed E-state index contributed by atoms with van der Waals surface area (Å²) in [5, 5.41) is 3.13. The Morgan fingerprint density at radius 1 is 1.09 bits per heavy atom. The molecule has 34 heavy (non-hydrogen) atoms. The minimum Gasteiger partial charge on any atom is -0.364 e. The molecule has 0 spiro atoms. The number of carbonyl (C=O) groups is 1. The minimum atomic E-state index is -4.56. The van der Waals surface area contributed by atoms with Gasteiger partial charge in [0.25, 0.3) is 5.91 Å². The highest BCUT2D eigenvalue weighted by molar-refractivity contribution is 6.00. The van der Waals surface area contributed by atoms with Crippen LogP contribution < -0.4 is 5.32 Å². The average molecular weight is 472 g/mol. The summed E-state index contributed by atoms with van der Waals surface area (Å²) in [6.45, 7) is 2.34. The van der Waals surface area contributed by atoms with Crippen LogP contribution >= 0.6 is 0 Å². The number of hydrogen-bond donors (Lipinski definition) is 1. The van der Waals surface area contributed by atoms with Gasteiger partial charge in [-0.05, 0) is 49.4 Å². The molecule has 4 heterocycles. The predicted molar refractivity (Wildman–Crippen MR) is 114 cm³/mol. The van der Waals surface area contributed by atoms with Gasteiger partial charge >= 0.3 is 6.18 Å². The number of nitrogens with zero attached hydrogens (tertiary/aromatic N) is 5. The van der Waals surface area contributed by atoms with E-state index in [4.69, 9.17) is 0 Å². The van der Waals surface area contributed by atoms with Crippen LogP contribution in [0.25, 0.3) is 11.4 Å². The van der Waals surface area contributed by atoms with Gasteiger partial charge in [0.1, 0.15) is 17.2 Å². The zero-order valence-corrected chi connectivity index (χ0v) is 18.1. The number of rotatable bonds is 4. The fourth-order valence-electron chi connectivity index (χ4n) is 4.79. The van der Waals surface area contributed by atoms with Crippen molar-refractivity contribution in [2.24, 2.45) is 5.92 Å². The summed E-state index contributed by atoms with van der Waals surface area (Å²) >= 11 is 0. The van der Waals surface area contributed by atoms with Crippen LogP contribution in [0.2, 0.25) is 0 Å². The minimum absolute atomic E-state index is 0.00455. The third kappa shape index (κ3) is 4.06. The maximum absolute atomic E-state index is 14.4. The van der Waals surface area contributed by atoms with Crippen molar-refractivity contribution in [1.29, 1.82) is 0 Å². The van der Waals surface area contributed by atoms with Gasteiger partial charge in [-0.3, -0.25) is 14.8 Å². The van der Waals surface area contributed by atoms with Gasteiger partial charge < -0.3 is 10.2 Å². The van der Waals surface area contributed by atoms with E-state index in [-0.39, 0.29) is 46.7 Å². The van der Waals surface area contributed by atoms with Crippen LogP contribution in [0.3, 0.4) is 0 Å². The summed E-state index contributed by atoms with van der Waals surface area (Å²) in [5.74, 6) is -0.405. The van der Waals surface area contributed by atoms with E-state index in [1.807, 2.05) is 0 Å². The molecule has 1 N–H and O–H groups in total. The first-order chi connectivity index (χ1) is 16.2. The van der Waals surface area contributed by atoms with Crippen LogP contribution in [0.5, 0.6) is 0 Å². The molecule has 1 saturated heterocycles. The molecule has 1 aliphatic heterocycles. The normalized spacial score (nSPS) is 21.7. The molecule has 5 rings (SSSR count). The molecule has 1 saturated carbocycles. The number of alkyl halides is 3. The molecule has 2 bridgehead atoms. The van der Waals surface area contributed by atoms with Gasteiger partial charge in [-0.1, -0.05) is 0 Å². The summed E-state index contributed by atoms with van der Waals surface area (Å²) < 4.78 is 52.7. The van der Waals surface area contributed by atoms with Gasteiger partial charge in [0, 0.05) is 25.0 Å². The van der Waals surface area contributed by atoms with E-state index in [0.29, 0.717) is 12.7 Å². The lowest BCUT2D eigenvalue weighted by Crippen LogP contribution is -2.48. The lowest BCUT2D eigenvalue weighted by atomic mass is 10.0. The molecule has 2 aliphatic rings. The summed E-state index contributed by atoms with van der Waals surface area (Å²) in [5.41, 5.74) is 0.129. The van der Waals surface area contributed by atoms with Crippen LogP contribution in [0.15, 0.2) is 43.0 Å². The SMILES string of the molecule is Cc1cnc(-c2ncccc2F)c(C(=O)N2CC3CC(Nc4cnc(C(F)(F)F)cn4)C2C3)c1. The summed E-state index contributed by atoms with van der Waals surface area (Å²) in [4.78, 5) is 31.0. The molecule has 11 heteroatoms. The van der Waals surface area contributed by atoms with Crippen molar-refractivity contribution in [2.75, 3.05) is 11.9 Å². The van der Waals surface area contributed by atoms with Crippen molar-refractivity contribution in [3.63, 3.8) is 0 Å². The Morgan fingerprint density at radius 3 is 2.59 bits per heavy atom. The Morgan fingerprint density at radius 2 is 1.91 bits per heavy atom. The van der Waals surface area contributed by atoms with Crippen molar-refractivity contribution in [2.45, 2.75) is 38.0 Å². The van der Waals surface area contributed by atoms with E-state index in [1.54, 1.807) is 24.1 Å². The predicted octanol–water partition coefficient (Wildman–Crippen LogP) is 4.12. The molecule has 3 aromatic rings. The van der Waals surface area contributed by atoms with Crippen molar-refractivity contribution < 1.29 is 22.4 Å². The maximum atomic E-state index is 14.4. The lowest BCUT2D eigenvalue weighted by Gasteiger charge is -2.34. The lowest BCUT2D eigenvalue weighted by molar-refractivity contribution is -0.141. The van der Waals surface area contributed by atoms with E-state index in [9.17, 15) is 22.4 Å². The first-order valence-corrected chi connectivity index (χ1v) is 10.7. The zero-order chi connectivity index (χ0) is 24.0. The molecule has 3 atom stereocenters. The largest absolute Gasteiger partial charge is 0.434 e. The molecule has 0 radical (unpaired) electrons. The summed E-state index contributed by atoms with van der Waals surface area (Å²) in [6.07, 6.45) is 1.68. The Balaban J connectivity index is 1.39. The molecule has 0 aromatic carbocycles. The standard InChI is InChI=1S/C23H20F4N6O/c1-12-5-14(20(31-8-12)21-15(24)3-2-4-28-21)22(34)33-11-13-6-16(17(33)7-13)32-19-10-29-18(9-30-19)23(25,26)27/h2-5,8-10,13,16-17H,6-7,11H2,1H3,(H,30,32). The molecule has 7 nitrogen and oxygen atoms in total. The number of piperidine rings is 1. The molecule has 2 fully saturated rings. The Bertz CT molecular complexity index is 1230. The fraction of sp³-hybridized carbons (Fsp3) is 0.348.